The number of aromatic nitrogens is 1. The molecule has 0 N–H and O–H groups in total. The number of hydrogen-bond acceptors (Lipinski definition) is 3. The molecule has 0 bridgehead atoms. The zero-order chi connectivity index (χ0) is 10.9. The molecule has 3 heteroatoms. The number of carbonyl (C=O) groups is 1. The molecule has 1 aromatic rings. The van der Waals surface area contributed by atoms with Crippen LogP contribution in [-0.4, -0.2) is 24.5 Å². The van der Waals surface area contributed by atoms with Crippen LogP contribution < -0.4 is 0 Å². The van der Waals surface area contributed by atoms with Crippen molar-refractivity contribution in [2.75, 3.05) is 13.2 Å². The maximum atomic E-state index is 10.1. The monoisotopic (exact) mass is 207 g/mol. The summed E-state index contributed by atoms with van der Waals surface area (Å²) in [6.45, 7) is 3.51. The molecule has 1 saturated heterocycles. The van der Waals surface area contributed by atoms with Gasteiger partial charge in [0, 0.05) is 31.0 Å². The van der Waals surface area contributed by atoms with Gasteiger partial charge in [0.2, 0.25) is 0 Å². The first-order chi connectivity index (χ1) is 7.33. The molecule has 1 fully saturated rings. The Balaban J connectivity index is 0.000000151. The quantitative estimate of drug-likeness (QED) is 0.661. The summed E-state index contributed by atoms with van der Waals surface area (Å²) in [5, 5.41) is 0. The van der Waals surface area contributed by atoms with E-state index in [1.165, 1.54) is 0 Å². The van der Waals surface area contributed by atoms with Gasteiger partial charge < -0.3 is 9.53 Å². The second-order valence-corrected chi connectivity index (χ2v) is 3.56. The van der Waals surface area contributed by atoms with E-state index in [9.17, 15) is 4.79 Å². The zero-order valence-corrected chi connectivity index (χ0v) is 9.06. The van der Waals surface area contributed by atoms with Crippen molar-refractivity contribution in [3.8, 4) is 0 Å². The van der Waals surface area contributed by atoms with Crippen LogP contribution >= 0.6 is 0 Å². The molecule has 2 heterocycles. The number of aryl methyl sites for hydroxylation is 1. The van der Waals surface area contributed by atoms with Gasteiger partial charge in [-0.3, -0.25) is 4.98 Å². The molecule has 82 valence electrons. The van der Waals surface area contributed by atoms with Crippen LogP contribution in [0.5, 0.6) is 0 Å². The van der Waals surface area contributed by atoms with E-state index < -0.39 is 0 Å². The number of hydrogen-bond donors (Lipinski definition) is 0. The Kier molecular flexibility index (Phi) is 5.63. The van der Waals surface area contributed by atoms with E-state index in [0.717, 1.165) is 38.0 Å². The normalized spacial score (nSPS) is 16.3. The number of pyridine rings is 1. The number of carbonyl (C=O) groups excluding carboxylic acids is 1. The minimum absolute atomic E-state index is 0.281. The average Bonchev–Trinajstić information content (AvgIpc) is 2.32. The van der Waals surface area contributed by atoms with E-state index in [-0.39, 0.29) is 5.92 Å². The standard InChI is InChI=1S/C6H7N.C6H10O2/c1-6-4-2-3-5-7-6;7-5-6-1-3-8-4-2-6/h2-5H,1H3;5-6H,1-4H2. The summed E-state index contributed by atoms with van der Waals surface area (Å²) in [6.07, 6.45) is 4.66. The van der Waals surface area contributed by atoms with Gasteiger partial charge in [0.15, 0.2) is 0 Å². The van der Waals surface area contributed by atoms with Crippen LogP contribution in [0.25, 0.3) is 0 Å². The fourth-order valence-corrected chi connectivity index (χ4v) is 1.30. The van der Waals surface area contributed by atoms with Gasteiger partial charge in [0.05, 0.1) is 0 Å². The van der Waals surface area contributed by atoms with E-state index in [4.69, 9.17) is 4.74 Å². The minimum atomic E-state index is 0.281. The van der Waals surface area contributed by atoms with E-state index in [2.05, 4.69) is 4.98 Å². The summed E-state index contributed by atoms with van der Waals surface area (Å²) in [5.74, 6) is 0.281. The molecule has 0 saturated carbocycles. The van der Waals surface area contributed by atoms with E-state index in [1.807, 2.05) is 25.1 Å². The van der Waals surface area contributed by atoms with Crippen molar-refractivity contribution >= 4 is 6.29 Å². The summed E-state index contributed by atoms with van der Waals surface area (Å²) < 4.78 is 5.04. The molecule has 1 aliphatic heterocycles. The number of nitrogens with zero attached hydrogens (tertiary/aromatic N) is 1. The molecule has 0 aromatic carbocycles. The van der Waals surface area contributed by atoms with Gasteiger partial charge in [-0.25, -0.2) is 0 Å². The van der Waals surface area contributed by atoms with Crippen molar-refractivity contribution in [2.24, 2.45) is 5.92 Å². The summed E-state index contributed by atoms with van der Waals surface area (Å²) in [7, 11) is 0. The van der Waals surface area contributed by atoms with Crippen LogP contribution in [0.4, 0.5) is 0 Å². The summed E-state index contributed by atoms with van der Waals surface area (Å²) in [4.78, 5) is 14.1. The van der Waals surface area contributed by atoms with Crippen LogP contribution in [-0.2, 0) is 9.53 Å². The Labute approximate surface area is 90.5 Å². The highest BCUT2D eigenvalue weighted by Gasteiger charge is 2.10. The average molecular weight is 207 g/mol. The van der Waals surface area contributed by atoms with Gasteiger partial charge in [-0.1, -0.05) is 6.07 Å². The number of ether oxygens (including phenoxy) is 1. The fraction of sp³-hybridized carbons (Fsp3) is 0.500. The molecule has 0 radical (unpaired) electrons. The third-order valence-electron chi connectivity index (χ3n) is 2.27. The van der Waals surface area contributed by atoms with Crippen molar-refractivity contribution in [3.05, 3.63) is 30.1 Å². The SMILES string of the molecule is Cc1ccccn1.O=CC1CCOCC1. The van der Waals surface area contributed by atoms with Crippen molar-refractivity contribution in [2.45, 2.75) is 19.8 Å². The molecule has 1 aromatic heterocycles. The predicted octanol–water partition coefficient (Wildman–Crippen LogP) is 2.00. The molecule has 0 unspecified atom stereocenters. The zero-order valence-electron chi connectivity index (χ0n) is 9.06. The third kappa shape index (κ3) is 5.27. The smallest absolute Gasteiger partial charge is 0.123 e. The summed E-state index contributed by atoms with van der Waals surface area (Å²) in [5.41, 5.74) is 1.07. The first-order valence-corrected chi connectivity index (χ1v) is 5.23. The lowest BCUT2D eigenvalue weighted by molar-refractivity contribution is -0.113. The highest BCUT2D eigenvalue weighted by Crippen LogP contribution is 2.10. The van der Waals surface area contributed by atoms with Crippen LogP contribution in [0, 0.1) is 12.8 Å². The van der Waals surface area contributed by atoms with E-state index in [0.29, 0.717) is 0 Å². The topological polar surface area (TPSA) is 39.2 Å². The minimum Gasteiger partial charge on any atom is -0.381 e. The van der Waals surface area contributed by atoms with Gasteiger partial charge in [-0.05, 0) is 31.9 Å². The lowest BCUT2D eigenvalue weighted by atomic mass is 10.0. The van der Waals surface area contributed by atoms with Crippen LogP contribution in [0.15, 0.2) is 24.4 Å². The lowest BCUT2D eigenvalue weighted by Gasteiger charge is -2.15. The van der Waals surface area contributed by atoms with Crippen molar-refractivity contribution in [3.63, 3.8) is 0 Å². The number of rotatable bonds is 1. The second kappa shape index (κ2) is 7.12. The first kappa shape index (κ1) is 11.9. The molecule has 3 nitrogen and oxygen atoms in total. The van der Waals surface area contributed by atoms with Crippen molar-refractivity contribution in [1.82, 2.24) is 4.98 Å². The highest BCUT2D eigenvalue weighted by molar-refractivity contribution is 5.53. The second-order valence-electron chi connectivity index (χ2n) is 3.56. The van der Waals surface area contributed by atoms with E-state index >= 15 is 0 Å². The summed E-state index contributed by atoms with van der Waals surface area (Å²) >= 11 is 0. The Bertz CT molecular complexity index is 268. The molecule has 0 atom stereocenters. The molecule has 0 spiro atoms. The van der Waals surface area contributed by atoms with Gasteiger partial charge in [0.1, 0.15) is 6.29 Å². The Morgan fingerprint density at radius 3 is 2.47 bits per heavy atom. The Hall–Kier alpha value is -1.22. The largest absolute Gasteiger partial charge is 0.381 e. The van der Waals surface area contributed by atoms with Crippen LogP contribution in [0.3, 0.4) is 0 Å². The van der Waals surface area contributed by atoms with Crippen molar-refractivity contribution in [1.29, 1.82) is 0 Å². The van der Waals surface area contributed by atoms with Crippen LogP contribution in [0.2, 0.25) is 0 Å². The maximum absolute atomic E-state index is 10.1. The van der Waals surface area contributed by atoms with Gasteiger partial charge in [-0.2, -0.15) is 0 Å². The predicted molar refractivity (Wildman–Crippen MR) is 58.6 cm³/mol. The molecule has 1 aliphatic rings. The van der Waals surface area contributed by atoms with E-state index in [1.54, 1.807) is 6.20 Å². The van der Waals surface area contributed by atoms with Gasteiger partial charge in [-0.15, -0.1) is 0 Å². The summed E-state index contributed by atoms with van der Waals surface area (Å²) in [6, 6.07) is 5.86. The molecule has 0 aliphatic carbocycles. The van der Waals surface area contributed by atoms with Crippen LogP contribution in [0.1, 0.15) is 18.5 Å². The molecular weight excluding hydrogens is 190 g/mol. The third-order valence-corrected chi connectivity index (χ3v) is 2.27. The maximum Gasteiger partial charge on any atom is 0.123 e. The van der Waals surface area contributed by atoms with Crippen molar-refractivity contribution < 1.29 is 9.53 Å². The Morgan fingerprint density at radius 2 is 2.13 bits per heavy atom. The molecular formula is C12H17NO2. The van der Waals surface area contributed by atoms with Gasteiger partial charge >= 0.3 is 0 Å². The molecule has 2 rings (SSSR count). The first-order valence-electron chi connectivity index (χ1n) is 5.23. The molecule has 15 heavy (non-hydrogen) atoms. The van der Waals surface area contributed by atoms with Gasteiger partial charge in [0.25, 0.3) is 0 Å². The molecule has 0 amide bonds. The lowest BCUT2D eigenvalue weighted by Crippen LogP contribution is -2.16. The Morgan fingerprint density at radius 1 is 1.40 bits per heavy atom. The highest BCUT2D eigenvalue weighted by atomic mass is 16.5. The number of aldehydes is 1. The fourth-order valence-electron chi connectivity index (χ4n) is 1.30.